The quantitative estimate of drug-likeness (QED) is 0.414. The van der Waals surface area contributed by atoms with E-state index in [0.29, 0.717) is 6.54 Å². The van der Waals surface area contributed by atoms with Crippen molar-refractivity contribution in [3.05, 3.63) is 30.1 Å². The van der Waals surface area contributed by atoms with Gasteiger partial charge in [0.1, 0.15) is 6.10 Å². The molecule has 1 unspecified atom stereocenters. The molecule has 0 radical (unpaired) electrons. The second-order valence-corrected chi connectivity index (χ2v) is 5.06. The molecule has 1 N–H and O–H groups in total. The van der Waals surface area contributed by atoms with Crippen molar-refractivity contribution in [3.8, 4) is 5.75 Å². The summed E-state index contributed by atoms with van der Waals surface area (Å²) in [6.07, 6.45) is 2.12. The molecule has 1 atom stereocenters. The predicted molar refractivity (Wildman–Crippen MR) is 101 cm³/mol. The number of nitrogens with one attached hydrogen (secondary N) is 1. The van der Waals surface area contributed by atoms with Crippen LogP contribution in [0, 0.1) is 5.82 Å². The molecule has 0 saturated heterocycles. The predicted octanol–water partition coefficient (Wildman–Crippen LogP) is 3.52. The van der Waals surface area contributed by atoms with Gasteiger partial charge in [-0.1, -0.05) is 25.5 Å². The number of hydrogen-bond donors (Lipinski definition) is 1. The van der Waals surface area contributed by atoms with Crippen molar-refractivity contribution in [2.75, 3.05) is 27.2 Å². The standard InChI is InChI=1S/C16H26FN3O.HI/c1-5-6-11-20(4)16(18-3)19-12-13(2)21-15-10-8-7-9-14(15)17;/h7-10,13H,5-6,11-12H2,1-4H3,(H,18,19);1H. The van der Waals surface area contributed by atoms with Crippen LogP contribution in [0.25, 0.3) is 0 Å². The Balaban J connectivity index is 0.00000441. The van der Waals surface area contributed by atoms with E-state index in [1.165, 1.54) is 6.07 Å². The maximum atomic E-state index is 13.5. The topological polar surface area (TPSA) is 36.9 Å². The molecule has 22 heavy (non-hydrogen) atoms. The van der Waals surface area contributed by atoms with Gasteiger partial charge in [-0.05, 0) is 25.5 Å². The maximum absolute atomic E-state index is 13.5. The molecule has 6 heteroatoms. The van der Waals surface area contributed by atoms with Crippen molar-refractivity contribution in [1.82, 2.24) is 10.2 Å². The zero-order chi connectivity index (χ0) is 15.7. The summed E-state index contributed by atoms with van der Waals surface area (Å²) in [4.78, 5) is 6.32. The van der Waals surface area contributed by atoms with Gasteiger partial charge >= 0.3 is 0 Å². The van der Waals surface area contributed by atoms with Crippen LogP contribution in [0.5, 0.6) is 5.75 Å². The van der Waals surface area contributed by atoms with Crippen LogP contribution in [0.4, 0.5) is 4.39 Å². The number of hydrogen-bond acceptors (Lipinski definition) is 2. The molecule has 0 fully saturated rings. The van der Waals surface area contributed by atoms with Crippen molar-refractivity contribution in [3.63, 3.8) is 0 Å². The summed E-state index contributed by atoms with van der Waals surface area (Å²) < 4.78 is 19.1. The highest BCUT2D eigenvalue weighted by Gasteiger charge is 2.10. The Hall–Kier alpha value is -1.05. The fraction of sp³-hybridized carbons (Fsp3) is 0.562. The fourth-order valence-corrected chi connectivity index (χ4v) is 1.92. The van der Waals surface area contributed by atoms with Gasteiger partial charge in [-0.2, -0.15) is 0 Å². The molecule has 0 aromatic heterocycles. The normalized spacial score (nSPS) is 12.3. The van der Waals surface area contributed by atoms with Gasteiger partial charge in [0.15, 0.2) is 17.5 Å². The third-order valence-corrected chi connectivity index (χ3v) is 3.13. The Kier molecular flexibility index (Phi) is 11.0. The highest BCUT2D eigenvalue weighted by Crippen LogP contribution is 2.16. The second-order valence-electron chi connectivity index (χ2n) is 5.06. The number of nitrogens with zero attached hydrogens (tertiary/aromatic N) is 2. The molecular formula is C16H27FIN3O. The van der Waals surface area contributed by atoms with Gasteiger partial charge in [0, 0.05) is 20.6 Å². The van der Waals surface area contributed by atoms with Crippen LogP contribution >= 0.6 is 24.0 Å². The van der Waals surface area contributed by atoms with E-state index in [-0.39, 0.29) is 41.6 Å². The van der Waals surface area contributed by atoms with Gasteiger partial charge in [-0.25, -0.2) is 4.39 Å². The summed E-state index contributed by atoms with van der Waals surface area (Å²) >= 11 is 0. The number of unbranched alkanes of at least 4 members (excludes halogenated alkanes) is 1. The minimum absolute atomic E-state index is 0. The van der Waals surface area contributed by atoms with Crippen LogP contribution in [0.3, 0.4) is 0 Å². The van der Waals surface area contributed by atoms with Crippen molar-refractivity contribution in [1.29, 1.82) is 0 Å². The molecule has 126 valence electrons. The Morgan fingerprint density at radius 2 is 2.09 bits per heavy atom. The lowest BCUT2D eigenvalue weighted by atomic mass is 10.3. The first-order chi connectivity index (χ1) is 10.1. The van der Waals surface area contributed by atoms with Crippen LogP contribution in [-0.4, -0.2) is 44.1 Å². The van der Waals surface area contributed by atoms with Gasteiger partial charge in [-0.15, -0.1) is 24.0 Å². The maximum Gasteiger partial charge on any atom is 0.193 e. The Morgan fingerprint density at radius 1 is 1.41 bits per heavy atom. The van der Waals surface area contributed by atoms with Crippen LogP contribution in [0.2, 0.25) is 0 Å². The molecule has 0 bridgehead atoms. The lowest BCUT2D eigenvalue weighted by Crippen LogP contribution is -2.43. The van der Waals surface area contributed by atoms with E-state index in [1.54, 1.807) is 25.2 Å². The van der Waals surface area contributed by atoms with E-state index >= 15 is 0 Å². The lowest BCUT2D eigenvalue weighted by molar-refractivity contribution is 0.212. The van der Waals surface area contributed by atoms with Gasteiger partial charge < -0.3 is 15.0 Å². The summed E-state index contributed by atoms with van der Waals surface area (Å²) in [5.74, 6) is 0.766. The molecule has 0 heterocycles. The molecule has 1 aromatic carbocycles. The first-order valence-electron chi connectivity index (χ1n) is 7.41. The minimum Gasteiger partial charge on any atom is -0.486 e. The summed E-state index contributed by atoms with van der Waals surface area (Å²) in [7, 11) is 3.76. The van der Waals surface area contributed by atoms with E-state index in [4.69, 9.17) is 4.74 Å². The average Bonchev–Trinajstić information content (AvgIpc) is 2.48. The zero-order valence-corrected chi connectivity index (χ0v) is 16.1. The number of ether oxygens (including phenoxy) is 1. The molecule has 0 amide bonds. The summed E-state index contributed by atoms with van der Waals surface area (Å²) in [6.45, 7) is 5.59. The van der Waals surface area contributed by atoms with Gasteiger partial charge in [0.2, 0.25) is 0 Å². The average molecular weight is 423 g/mol. The van der Waals surface area contributed by atoms with E-state index in [1.807, 2.05) is 14.0 Å². The number of guanidine groups is 1. The highest BCUT2D eigenvalue weighted by atomic mass is 127. The highest BCUT2D eigenvalue weighted by molar-refractivity contribution is 14.0. The molecule has 4 nitrogen and oxygen atoms in total. The summed E-state index contributed by atoms with van der Waals surface area (Å²) in [5, 5.41) is 3.25. The summed E-state index contributed by atoms with van der Waals surface area (Å²) in [6, 6.07) is 6.44. The van der Waals surface area contributed by atoms with Gasteiger partial charge in [0.05, 0.1) is 6.54 Å². The van der Waals surface area contributed by atoms with E-state index in [9.17, 15) is 4.39 Å². The van der Waals surface area contributed by atoms with Crippen molar-refractivity contribution >= 4 is 29.9 Å². The van der Waals surface area contributed by atoms with Crippen LogP contribution in [0.15, 0.2) is 29.3 Å². The number of rotatable bonds is 7. The largest absolute Gasteiger partial charge is 0.486 e. The Labute approximate surface area is 150 Å². The molecule has 1 rings (SSSR count). The number of halogens is 2. The molecular weight excluding hydrogens is 396 g/mol. The van der Waals surface area contributed by atoms with Gasteiger partial charge in [-0.3, -0.25) is 4.99 Å². The molecule has 0 aliphatic heterocycles. The molecule has 1 aromatic rings. The van der Waals surface area contributed by atoms with E-state index in [2.05, 4.69) is 22.1 Å². The lowest BCUT2D eigenvalue weighted by Gasteiger charge is -2.23. The van der Waals surface area contributed by atoms with Crippen LogP contribution in [-0.2, 0) is 0 Å². The second kappa shape index (κ2) is 11.5. The van der Waals surface area contributed by atoms with Gasteiger partial charge in [0.25, 0.3) is 0 Å². The first-order valence-corrected chi connectivity index (χ1v) is 7.41. The first kappa shape index (κ1) is 20.9. The number of aliphatic imine (C=N–C) groups is 1. The molecule has 0 saturated carbocycles. The molecule has 0 spiro atoms. The van der Waals surface area contributed by atoms with Crippen LogP contribution in [0.1, 0.15) is 26.7 Å². The number of benzene rings is 1. The number of para-hydroxylation sites is 1. The fourth-order valence-electron chi connectivity index (χ4n) is 1.92. The monoisotopic (exact) mass is 423 g/mol. The van der Waals surface area contributed by atoms with Crippen molar-refractivity contribution in [2.24, 2.45) is 4.99 Å². The molecule has 0 aliphatic carbocycles. The Bertz CT molecular complexity index is 457. The third-order valence-electron chi connectivity index (χ3n) is 3.13. The summed E-state index contributed by atoms with van der Waals surface area (Å²) in [5.41, 5.74) is 0. The smallest absolute Gasteiger partial charge is 0.193 e. The molecule has 0 aliphatic rings. The Morgan fingerprint density at radius 3 is 2.68 bits per heavy atom. The zero-order valence-electron chi connectivity index (χ0n) is 13.8. The SMILES string of the molecule is CCCCN(C)C(=NC)NCC(C)Oc1ccccc1F.I. The van der Waals surface area contributed by atoms with Crippen LogP contribution < -0.4 is 10.1 Å². The van der Waals surface area contributed by atoms with E-state index < -0.39 is 0 Å². The van der Waals surface area contributed by atoms with Crippen molar-refractivity contribution < 1.29 is 9.13 Å². The van der Waals surface area contributed by atoms with Crippen molar-refractivity contribution in [2.45, 2.75) is 32.8 Å². The van der Waals surface area contributed by atoms with E-state index in [0.717, 1.165) is 25.3 Å². The minimum atomic E-state index is -0.339. The third kappa shape index (κ3) is 7.29.